The van der Waals surface area contributed by atoms with Crippen molar-refractivity contribution in [3.63, 3.8) is 0 Å². The number of phenolic OH excluding ortho intramolecular Hbond substituents is 1. The number of hydrogen-bond acceptors (Lipinski definition) is 4. The Balaban J connectivity index is 1.68. The van der Waals surface area contributed by atoms with Gasteiger partial charge in [0.15, 0.2) is 0 Å². The van der Waals surface area contributed by atoms with E-state index in [0.29, 0.717) is 23.5 Å². The molecule has 0 spiro atoms. The van der Waals surface area contributed by atoms with Crippen LogP contribution in [0.1, 0.15) is 58.9 Å². The summed E-state index contributed by atoms with van der Waals surface area (Å²) < 4.78 is 0. The molecule has 3 aliphatic rings. The van der Waals surface area contributed by atoms with Crippen LogP contribution >= 0.6 is 0 Å². The molecule has 2 fully saturated rings. The maximum absolute atomic E-state index is 13.2. The summed E-state index contributed by atoms with van der Waals surface area (Å²) >= 11 is 0. The van der Waals surface area contributed by atoms with Crippen molar-refractivity contribution in [1.29, 1.82) is 0 Å². The van der Waals surface area contributed by atoms with Crippen molar-refractivity contribution in [1.82, 2.24) is 15.1 Å². The summed E-state index contributed by atoms with van der Waals surface area (Å²) in [6, 6.07) is 7.75. The second kappa shape index (κ2) is 9.46. The lowest BCUT2D eigenvalue weighted by molar-refractivity contribution is -0.133. The first kappa shape index (κ1) is 23.2. The van der Waals surface area contributed by atoms with E-state index in [4.69, 9.17) is 0 Å². The van der Waals surface area contributed by atoms with Gasteiger partial charge in [0, 0.05) is 36.7 Å². The first-order valence-electron chi connectivity index (χ1n) is 12.7. The fourth-order valence-corrected chi connectivity index (χ4v) is 6.46. The maximum atomic E-state index is 13.2. The highest BCUT2D eigenvalue weighted by atomic mass is 16.3. The lowest BCUT2D eigenvalue weighted by Crippen LogP contribution is -2.52. The molecule has 0 aromatic heterocycles. The number of nitrogens with zero attached hydrogens (tertiary/aromatic N) is 2. The highest BCUT2D eigenvalue weighted by Crippen LogP contribution is 2.52. The van der Waals surface area contributed by atoms with Gasteiger partial charge in [-0.25, -0.2) is 0 Å². The topological polar surface area (TPSA) is 55.8 Å². The largest absolute Gasteiger partial charge is 0.508 e. The Morgan fingerprint density at radius 3 is 2.75 bits per heavy atom. The average Bonchev–Trinajstić information content (AvgIpc) is 3.11. The molecule has 2 saturated heterocycles. The number of phenols is 1. The summed E-state index contributed by atoms with van der Waals surface area (Å²) in [7, 11) is 0. The van der Waals surface area contributed by atoms with Crippen molar-refractivity contribution in [3.8, 4) is 5.75 Å². The minimum Gasteiger partial charge on any atom is -0.508 e. The second-order valence-electron chi connectivity index (χ2n) is 10.1. The molecule has 32 heavy (non-hydrogen) atoms. The molecular formula is C27H41N3O2. The van der Waals surface area contributed by atoms with Crippen LogP contribution in [0.3, 0.4) is 0 Å². The molecule has 0 saturated carbocycles. The number of hydrogen-bond donors (Lipinski definition) is 2. The Bertz CT molecular complexity index is 849. The number of nitrogens with one attached hydrogen (secondary N) is 1. The van der Waals surface area contributed by atoms with Gasteiger partial charge in [-0.3, -0.25) is 4.79 Å². The number of likely N-dealkylation sites (tertiary alicyclic amines) is 1. The van der Waals surface area contributed by atoms with E-state index in [-0.39, 0.29) is 17.4 Å². The number of piperidine rings is 1. The molecular weight excluding hydrogens is 398 g/mol. The van der Waals surface area contributed by atoms with E-state index < -0.39 is 0 Å². The third-order valence-electron chi connectivity index (χ3n) is 8.44. The minimum atomic E-state index is -0.135. The number of carbonyl (C=O) groups is 1. The second-order valence-corrected chi connectivity index (χ2v) is 10.1. The van der Waals surface area contributed by atoms with Crippen LogP contribution in [0.2, 0.25) is 0 Å². The number of allylic oxidation sites excluding steroid dienone is 2. The summed E-state index contributed by atoms with van der Waals surface area (Å²) in [6.07, 6.45) is 7.09. The summed E-state index contributed by atoms with van der Waals surface area (Å²) in [6.45, 7) is 13.5. The molecule has 1 aromatic carbocycles. The number of rotatable bonds is 7. The molecule has 5 unspecified atom stereocenters. The normalized spacial score (nSPS) is 31.9. The molecule has 1 aromatic rings. The van der Waals surface area contributed by atoms with E-state index in [1.165, 1.54) is 30.6 Å². The molecule has 5 atom stereocenters. The van der Waals surface area contributed by atoms with Gasteiger partial charge in [-0.15, -0.1) is 0 Å². The fraction of sp³-hybridized carbons (Fsp3) is 0.667. The zero-order chi connectivity index (χ0) is 22.9. The molecule has 176 valence electrons. The van der Waals surface area contributed by atoms with Crippen LogP contribution in [0.4, 0.5) is 0 Å². The average molecular weight is 440 g/mol. The maximum Gasteiger partial charge on any atom is 0.245 e. The van der Waals surface area contributed by atoms with E-state index in [2.05, 4.69) is 50.1 Å². The quantitative estimate of drug-likeness (QED) is 0.671. The van der Waals surface area contributed by atoms with E-state index >= 15 is 0 Å². The number of aromatic hydroxyl groups is 1. The van der Waals surface area contributed by atoms with Gasteiger partial charge >= 0.3 is 0 Å². The summed E-state index contributed by atoms with van der Waals surface area (Å²) in [4.78, 5) is 17.8. The standard InChI is InChI=1S/C27H41N3O2/c1-5-8-13-29-14-12-27(20-10-9-11-22(31)15-20)17-24-23(16-21(27)18-29)19(4)25(28-24)26(32)30(6-2)7-3/h9-11,15,17,19,21,23,25,28,31H,5-8,12-14,16,18H2,1-4H3. The molecule has 2 aliphatic heterocycles. The van der Waals surface area contributed by atoms with Gasteiger partial charge in [-0.1, -0.05) is 38.5 Å². The van der Waals surface area contributed by atoms with E-state index in [1.54, 1.807) is 6.07 Å². The first-order chi connectivity index (χ1) is 15.4. The van der Waals surface area contributed by atoms with Crippen LogP contribution in [0.15, 0.2) is 36.0 Å². The predicted octanol–water partition coefficient (Wildman–Crippen LogP) is 4.13. The third-order valence-corrected chi connectivity index (χ3v) is 8.44. The van der Waals surface area contributed by atoms with Gasteiger partial charge < -0.3 is 20.2 Å². The van der Waals surface area contributed by atoms with E-state index in [9.17, 15) is 9.90 Å². The van der Waals surface area contributed by atoms with Gasteiger partial charge in [0.05, 0.1) is 0 Å². The lowest BCUT2D eigenvalue weighted by atomic mass is 9.59. The molecule has 5 heteroatoms. The number of likely N-dealkylation sites (N-methyl/N-ethyl adjacent to an activating group) is 1. The van der Waals surface area contributed by atoms with Crippen LogP contribution in [0.5, 0.6) is 5.75 Å². The van der Waals surface area contributed by atoms with Crippen molar-refractivity contribution >= 4 is 5.91 Å². The fourth-order valence-electron chi connectivity index (χ4n) is 6.46. The molecule has 2 heterocycles. The highest BCUT2D eigenvalue weighted by Gasteiger charge is 2.52. The number of unbranched alkanes of at least 4 members (excludes halogenated alkanes) is 1. The van der Waals surface area contributed by atoms with Crippen molar-refractivity contribution in [2.24, 2.45) is 17.8 Å². The van der Waals surface area contributed by atoms with Crippen molar-refractivity contribution in [2.75, 3.05) is 32.7 Å². The van der Waals surface area contributed by atoms with Crippen molar-refractivity contribution in [3.05, 3.63) is 41.6 Å². The molecule has 1 amide bonds. The Kier molecular flexibility index (Phi) is 6.85. The monoisotopic (exact) mass is 439 g/mol. The summed E-state index contributed by atoms with van der Waals surface area (Å²) in [5, 5.41) is 13.9. The number of carbonyl (C=O) groups excluding carboxylic acids is 1. The Morgan fingerprint density at radius 2 is 2.06 bits per heavy atom. The van der Waals surface area contributed by atoms with Crippen molar-refractivity contribution < 1.29 is 9.90 Å². The lowest BCUT2D eigenvalue weighted by Gasteiger charge is -2.51. The van der Waals surface area contributed by atoms with Crippen LogP contribution in [0.25, 0.3) is 0 Å². The highest BCUT2D eigenvalue weighted by molar-refractivity contribution is 5.83. The number of benzene rings is 1. The number of fused-ring (bicyclic) bond motifs is 2. The van der Waals surface area contributed by atoms with Gasteiger partial charge in [0.1, 0.15) is 11.8 Å². The van der Waals surface area contributed by atoms with E-state index in [0.717, 1.165) is 39.0 Å². The van der Waals surface area contributed by atoms with Crippen LogP contribution in [-0.2, 0) is 10.2 Å². The van der Waals surface area contributed by atoms with Crippen LogP contribution < -0.4 is 5.32 Å². The molecule has 2 N–H and O–H groups in total. The van der Waals surface area contributed by atoms with Gasteiger partial charge in [-0.05, 0) is 75.7 Å². The SMILES string of the molecule is CCCCN1CCC2(c3cccc(O)c3)C=C3NC(C(=O)N(CC)CC)C(C)C3CC2C1. The van der Waals surface area contributed by atoms with Gasteiger partial charge in [0.2, 0.25) is 5.91 Å². The predicted molar refractivity (Wildman–Crippen MR) is 129 cm³/mol. The molecule has 1 aliphatic carbocycles. The van der Waals surface area contributed by atoms with Crippen LogP contribution in [-0.4, -0.2) is 59.6 Å². The summed E-state index contributed by atoms with van der Waals surface area (Å²) in [5.41, 5.74) is 2.40. The Hall–Kier alpha value is -2.01. The molecule has 4 rings (SSSR count). The zero-order valence-corrected chi connectivity index (χ0v) is 20.3. The molecule has 0 radical (unpaired) electrons. The first-order valence-corrected chi connectivity index (χ1v) is 12.7. The Morgan fingerprint density at radius 1 is 1.28 bits per heavy atom. The summed E-state index contributed by atoms with van der Waals surface area (Å²) in [5.74, 6) is 1.77. The molecule has 5 nitrogen and oxygen atoms in total. The third kappa shape index (κ3) is 4.05. The van der Waals surface area contributed by atoms with Gasteiger partial charge in [0.25, 0.3) is 0 Å². The van der Waals surface area contributed by atoms with Crippen LogP contribution in [0, 0.1) is 17.8 Å². The van der Waals surface area contributed by atoms with E-state index in [1.807, 2.05) is 17.0 Å². The van der Waals surface area contributed by atoms with Gasteiger partial charge in [-0.2, -0.15) is 0 Å². The molecule has 0 bridgehead atoms. The smallest absolute Gasteiger partial charge is 0.245 e. The minimum absolute atomic E-state index is 0.0762. The zero-order valence-electron chi connectivity index (χ0n) is 20.3. The number of amides is 1. The van der Waals surface area contributed by atoms with Crippen molar-refractivity contribution in [2.45, 2.75) is 64.8 Å². The Labute approximate surface area is 193 Å².